The van der Waals surface area contributed by atoms with Gasteiger partial charge in [-0.1, -0.05) is 6.92 Å². The van der Waals surface area contributed by atoms with Gasteiger partial charge in [0.25, 0.3) is 0 Å². The quantitative estimate of drug-likeness (QED) is 0.337. The van der Waals surface area contributed by atoms with Crippen LogP contribution in [0.25, 0.3) is 0 Å². The number of aldehydes is 1. The Labute approximate surface area is 78.9 Å². The summed E-state index contributed by atoms with van der Waals surface area (Å²) in [7, 11) is 1.29. The van der Waals surface area contributed by atoms with Gasteiger partial charge in [0.1, 0.15) is 9.87 Å². The molecule has 0 saturated heterocycles. The first-order valence-corrected chi connectivity index (χ1v) is 4.17. The van der Waals surface area contributed by atoms with Gasteiger partial charge in [-0.15, -0.1) is 0 Å². The van der Waals surface area contributed by atoms with Gasteiger partial charge in [0, 0.05) is 5.57 Å². The van der Waals surface area contributed by atoms with Crippen LogP contribution in [-0.2, 0) is 14.3 Å². The predicted octanol–water partition coefficient (Wildman–Crippen LogP) is 1.46. The van der Waals surface area contributed by atoms with Gasteiger partial charge in [0.2, 0.25) is 0 Å². The zero-order chi connectivity index (χ0) is 8.85. The van der Waals surface area contributed by atoms with Crippen molar-refractivity contribution in [2.75, 3.05) is 7.11 Å². The molecule has 0 aromatic heterocycles. The van der Waals surface area contributed by atoms with Crippen LogP contribution in [0.4, 0.5) is 0 Å². The molecule has 4 heteroatoms. The lowest BCUT2D eigenvalue weighted by atomic mass is 10.2. The van der Waals surface area contributed by atoms with E-state index >= 15 is 0 Å². The molecule has 0 aliphatic carbocycles. The summed E-state index contributed by atoms with van der Waals surface area (Å²) in [5.74, 6) is -0.449. The number of carbonyl (C=O) groups is 2. The molecule has 0 aliphatic rings. The molecular weight excluding hydrogens is 259 g/mol. The number of ether oxygens (including phenoxy) is 1. The topological polar surface area (TPSA) is 43.4 Å². The van der Waals surface area contributed by atoms with Crippen LogP contribution < -0.4 is 0 Å². The third kappa shape index (κ3) is 3.00. The van der Waals surface area contributed by atoms with E-state index < -0.39 is 5.97 Å². The van der Waals surface area contributed by atoms with Crippen molar-refractivity contribution in [1.29, 1.82) is 0 Å². The van der Waals surface area contributed by atoms with E-state index in [0.717, 1.165) is 0 Å². The van der Waals surface area contributed by atoms with Crippen LogP contribution in [0.15, 0.2) is 9.15 Å². The van der Waals surface area contributed by atoms with Crippen molar-refractivity contribution in [2.24, 2.45) is 0 Å². The van der Waals surface area contributed by atoms with Gasteiger partial charge in [-0.05, 0) is 29.0 Å². The summed E-state index contributed by atoms with van der Waals surface area (Å²) in [4.78, 5) is 21.2. The number of esters is 1. The minimum absolute atomic E-state index is 0.364. The molecule has 0 rings (SSSR count). The first-order chi connectivity index (χ1) is 5.17. The molecule has 0 atom stereocenters. The summed E-state index contributed by atoms with van der Waals surface area (Å²) in [5.41, 5.74) is 0.484. The third-order valence-electron chi connectivity index (χ3n) is 1.17. The molecule has 3 nitrogen and oxygen atoms in total. The van der Waals surface area contributed by atoms with E-state index in [-0.39, 0.29) is 0 Å². The first-order valence-electron chi connectivity index (χ1n) is 3.09. The largest absolute Gasteiger partial charge is 0.465 e. The van der Waals surface area contributed by atoms with Crippen molar-refractivity contribution >= 4 is 34.8 Å². The van der Waals surface area contributed by atoms with Gasteiger partial charge in [-0.3, -0.25) is 4.79 Å². The molecule has 0 aliphatic heterocycles. The second-order valence-electron chi connectivity index (χ2n) is 1.80. The minimum Gasteiger partial charge on any atom is -0.465 e. The van der Waals surface area contributed by atoms with E-state index in [1.807, 2.05) is 6.92 Å². The van der Waals surface area contributed by atoms with Crippen LogP contribution in [0.3, 0.4) is 0 Å². The van der Waals surface area contributed by atoms with Gasteiger partial charge in [-0.25, -0.2) is 4.79 Å². The molecule has 0 radical (unpaired) electrons. The summed E-state index contributed by atoms with van der Waals surface area (Å²) >= 11 is 1.80. The monoisotopic (exact) mass is 268 g/mol. The van der Waals surface area contributed by atoms with Crippen molar-refractivity contribution in [3.8, 4) is 0 Å². The molecule has 0 unspecified atom stereocenters. The Balaban J connectivity index is 4.60. The third-order valence-corrected chi connectivity index (χ3v) is 2.30. The highest BCUT2D eigenvalue weighted by molar-refractivity contribution is 14.1. The Hall–Kier alpha value is -0.390. The highest BCUT2D eigenvalue weighted by atomic mass is 127. The fourth-order valence-electron chi connectivity index (χ4n) is 0.511. The molecule has 0 bridgehead atoms. The lowest BCUT2D eigenvalue weighted by Gasteiger charge is -1.99. The lowest BCUT2D eigenvalue weighted by Crippen LogP contribution is -2.03. The van der Waals surface area contributed by atoms with Gasteiger partial charge in [0.05, 0.1) is 7.11 Å². The first kappa shape index (κ1) is 10.6. The molecule has 0 aromatic carbocycles. The Morgan fingerprint density at radius 3 is 2.45 bits per heavy atom. The van der Waals surface area contributed by atoms with Gasteiger partial charge in [0.15, 0.2) is 0 Å². The second-order valence-corrected chi connectivity index (χ2v) is 2.88. The molecule has 0 heterocycles. The molecule has 11 heavy (non-hydrogen) atoms. The molecular formula is C7H9IO3. The highest BCUT2D eigenvalue weighted by Gasteiger charge is 2.09. The summed E-state index contributed by atoms with van der Waals surface area (Å²) in [6, 6.07) is 0. The molecule has 0 saturated carbocycles. The fraction of sp³-hybridized carbons (Fsp3) is 0.429. The SMILES string of the molecule is CC/C(C=O)=C(\I)C(=O)OC. The van der Waals surface area contributed by atoms with Gasteiger partial charge < -0.3 is 4.74 Å². The lowest BCUT2D eigenvalue weighted by molar-refractivity contribution is -0.135. The van der Waals surface area contributed by atoms with Crippen molar-refractivity contribution in [3.05, 3.63) is 9.15 Å². The van der Waals surface area contributed by atoms with Crippen LogP contribution >= 0.6 is 22.6 Å². The second kappa shape index (κ2) is 5.29. The van der Waals surface area contributed by atoms with Crippen LogP contribution in [0.1, 0.15) is 13.3 Å². The van der Waals surface area contributed by atoms with Crippen LogP contribution in [-0.4, -0.2) is 19.4 Å². The maximum Gasteiger partial charge on any atom is 0.344 e. The number of allylic oxidation sites excluding steroid dienone is 1. The Bertz CT molecular complexity index is 196. The smallest absolute Gasteiger partial charge is 0.344 e. The van der Waals surface area contributed by atoms with E-state index in [1.165, 1.54) is 7.11 Å². The number of rotatable bonds is 3. The normalized spacial score (nSPS) is 11.9. The van der Waals surface area contributed by atoms with E-state index in [0.29, 0.717) is 21.9 Å². The molecule has 0 spiro atoms. The van der Waals surface area contributed by atoms with Crippen molar-refractivity contribution in [3.63, 3.8) is 0 Å². The van der Waals surface area contributed by atoms with Crippen molar-refractivity contribution < 1.29 is 14.3 Å². The van der Waals surface area contributed by atoms with Crippen LogP contribution in [0, 0.1) is 0 Å². The molecule has 0 N–H and O–H groups in total. The molecule has 0 fully saturated rings. The van der Waals surface area contributed by atoms with E-state index in [4.69, 9.17) is 0 Å². The Kier molecular flexibility index (Phi) is 5.10. The molecule has 0 aromatic rings. The average molecular weight is 268 g/mol. The summed E-state index contributed by atoms with van der Waals surface area (Å²) in [5, 5.41) is 0. The minimum atomic E-state index is -0.449. The summed E-state index contributed by atoms with van der Waals surface area (Å²) < 4.78 is 4.80. The zero-order valence-electron chi connectivity index (χ0n) is 6.39. The van der Waals surface area contributed by atoms with Crippen molar-refractivity contribution in [1.82, 2.24) is 0 Å². The van der Waals surface area contributed by atoms with E-state index in [9.17, 15) is 9.59 Å². The standard InChI is InChI=1S/C7H9IO3/c1-3-5(4-9)6(8)7(10)11-2/h4H,3H2,1-2H3/b6-5+. The van der Waals surface area contributed by atoms with Crippen molar-refractivity contribution in [2.45, 2.75) is 13.3 Å². The Morgan fingerprint density at radius 1 is 1.64 bits per heavy atom. The highest BCUT2D eigenvalue weighted by Crippen LogP contribution is 2.15. The number of methoxy groups -OCH3 is 1. The number of carbonyl (C=O) groups excluding carboxylic acids is 2. The number of hydrogen-bond donors (Lipinski definition) is 0. The summed E-state index contributed by atoms with van der Waals surface area (Å²) in [6.07, 6.45) is 1.23. The van der Waals surface area contributed by atoms with Crippen LogP contribution in [0.2, 0.25) is 0 Å². The van der Waals surface area contributed by atoms with Gasteiger partial charge in [-0.2, -0.15) is 0 Å². The number of hydrogen-bond acceptors (Lipinski definition) is 3. The Morgan fingerprint density at radius 2 is 2.18 bits per heavy atom. The average Bonchev–Trinajstić information content (AvgIpc) is 2.05. The fourth-order valence-corrected chi connectivity index (χ4v) is 1.24. The van der Waals surface area contributed by atoms with Crippen LogP contribution in [0.5, 0.6) is 0 Å². The van der Waals surface area contributed by atoms with E-state index in [1.54, 1.807) is 22.6 Å². The maximum absolute atomic E-state index is 10.8. The molecule has 0 amide bonds. The predicted molar refractivity (Wildman–Crippen MR) is 49.4 cm³/mol. The number of halogens is 1. The van der Waals surface area contributed by atoms with E-state index in [2.05, 4.69) is 4.74 Å². The zero-order valence-corrected chi connectivity index (χ0v) is 8.54. The summed E-state index contributed by atoms with van der Waals surface area (Å²) in [6.45, 7) is 1.81. The maximum atomic E-state index is 10.8. The van der Waals surface area contributed by atoms with Gasteiger partial charge >= 0.3 is 5.97 Å². The molecule has 62 valence electrons.